The average molecular weight is 390 g/mol. The number of hydrogen-bond donors (Lipinski definition) is 3. The van der Waals surface area contributed by atoms with Crippen molar-refractivity contribution in [3.63, 3.8) is 0 Å². The highest BCUT2D eigenvalue weighted by atomic mass is 32.2. The Hall–Kier alpha value is -1.12. The fourth-order valence-electron chi connectivity index (χ4n) is 2.35. The van der Waals surface area contributed by atoms with E-state index in [1.165, 1.54) is 12.8 Å². The molecule has 2 atom stereocenters. The molecular formula is C17H31N3O3S2. The molecule has 6 nitrogen and oxygen atoms in total. The Morgan fingerprint density at radius 1 is 1.36 bits per heavy atom. The van der Waals surface area contributed by atoms with Gasteiger partial charge in [0.15, 0.2) is 15.8 Å². The molecule has 0 aliphatic heterocycles. The summed E-state index contributed by atoms with van der Waals surface area (Å²) in [6, 6.07) is 3.52. The van der Waals surface area contributed by atoms with E-state index in [2.05, 4.69) is 29.5 Å². The van der Waals surface area contributed by atoms with Crippen LogP contribution in [0, 0.1) is 0 Å². The molecule has 8 heteroatoms. The second-order valence-electron chi connectivity index (χ2n) is 6.13. The minimum Gasteiger partial charge on any atom is -0.390 e. The zero-order valence-corrected chi connectivity index (χ0v) is 17.0. The monoisotopic (exact) mass is 389 g/mol. The summed E-state index contributed by atoms with van der Waals surface area (Å²) in [5, 5.41) is 18.2. The zero-order valence-electron chi connectivity index (χ0n) is 15.4. The first-order chi connectivity index (χ1) is 11.9. The molecule has 0 bridgehead atoms. The smallest absolute Gasteiger partial charge is 0.191 e. The predicted octanol–water partition coefficient (Wildman–Crippen LogP) is 2.41. The number of unbranched alkanes of at least 4 members (excludes halogenated alkanes) is 2. The van der Waals surface area contributed by atoms with E-state index in [1.54, 1.807) is 17.5 Å². The molecule has 25 heavy (non-hydrogen) atoms. The normalized spacial score (nSPS) is 15.0. The molecule has 0 spiro atoms. The minimum absolute atomic E-state index is 0.0433. The molecule has 0 aliphatic carbocycles. The topological polar surface area (TPSA) is 90.8 Å². The minimum atomic E-state index is -3.46. The molecular weight excluding hydrogens is 358 g/mol. The molecule has 1 rings (SSSR count). The molecule has 144 valence electrons. The van der Waals surface area contributed by atoms with Gasteiger partial charge in [0.25, 0.3) is 0 Å². The van der Waals surface area contributed by atoms with E-state index < -0.39 is 15.9 Å². The van der Waals surface area contributed by atoms with Crippen LogP contribution >= 0.6 is 11.3 Å². The summed E-state index contributed by atoms with van der Waals surface area (Å²) in [6.07, 6.45) is 3.57. The summed E-state index contributed by atoms with van der Waals surface area (Å²) in [5.41, 5.74) is 0. The molecule has 1 heterocycles. The summed E-state index contributed by atoms with van der Waals surface area (Å²) in [5.74, 6) is 0.293. The fourth-order valence-corrected chi connectivity index (χ4v) is 4.82. The largest absolute Gasteiger partial charge is 0.390 e. The van der Waals surface area contributed by atoms with Crippen molar-refractivity contribution in [2.45, 2.75) is 62.8 Å². The number of rotatable bonds is 11. The molecule has 0 fully saturated rings. The number of hydrogen-bond acceptors (Lipinski definition) is 5. The molecule has 0 amide bonds. The standard InChI is InChI=1S/C17H31N3O3S2/c1-4-6-7-9-14(3)20-17(18-5-2)19-12-15(21)13-25(22,23)16-10-8-11-24-16/h8,10-11,14-15,21H,4-7,9,12-13H2,1-3H3,(H2,18,19,20). The highest BCUT2D eigenvalue weighted by Gasteiger charge is 2.20. The average Bonchev–Trinajstić information content (AvgIpc) is 3.08. The number of aliphatic imine (C=N–C) groups is 1. The number of sulfone groups is 1. The fraction of sp³-hybridized carbons (Fsp3) is 0.706. The first-order valence-electron chi connectivity index (χ1n) is 8.88. The number of thiophene rings is 1. The lowest BCUT2D eigenvalue weighted by atomic mass is 10.1. The van der Waals surface area contributed by atoms with Gasteiger partial charge in [-0.15, -0.1) is 11.3 Å². The van der Waals surface area contributed by atoms with Gasteiger partial charge in [-0.2, -0.15) is 0 Å². The van der Waals surface area contributed by atoms with E-state index in [0.29, 0.717) is 12.5 Å². The third-order valence-electron chi connectivity index (χ3n) is 3.64. The Morgan fingerprint density at radius 3 is 2.72 bits per heavy atom. The predicted molar refractivity (Wildman–Crippen MR) is 105 cm³/mol. The van der Waals surface area contributed by atoms with Crippen LogP contribution in [0.4, 0.5) is 0 Å². The van der Waals surface area contributed by atoms with Crippen LogP contribution in [0.15, 0.2) is 26.7 Å². The van der Waals surface area contributed by atoms with Crippen molar-refractivity contribution in [2.75, 3.05) is 18.8 Å². The molecule has 0 aliphatic rings. The Labute approximate surface area is 155 Å². The summed E-state index contributed by atoms with van der Waals surface area (Å²) in [4.78, 5) is 4.33. The van der Waals surface area contributed by atoms with Gasteiger partial charge in [0.1, 0.15) is 4.21 Å². The second kappa shape index (κ2) is 11.5. The first-order valence-corrected chi connectivity index (χ1v) is 11.4. The van der Waals surface area contributed by atoms with Gasteiger partial charge in [-0.25, -0.2) is 8.42 Å². The van der Waals surface area contributed by atoms with E-state index in [1.807, 2.05) is 6.92 Å². The Balaban J connectivity index is 2.55. The van der Waals surface area contributed by atoms with Crippen LogP contribution in [0.1, 0.15) is 46.5 Å². The molecule has 0 saturated heterocycles. The van der Waals surface area contributed by atoms with Crippen LogP contribution in [-0.2, 0) is 9.84 Å². The van der Waals surface area contributed by atoms with Crippen molar-refractivity contribution >= 4 is 27.1 Å². The van der Waals surface area contributed by atoms with Crippen LogP contribution in [0.3, 0.4) is 0 Å². The van der Waals surface area contributed by atoms with Crippen molar-refractivity contribution in [1.82, 2.24) is 10.6 Å². The summed E-state index contributed by atoms with van der Waals surface area (Å²) >= 11 is 1.16. The first kappa shape index (κ1) is 21.9. The van der Waals surface area contributed by atoms with E-state index in [-0.39, 0.29) is 22.5 Å². The Bertz CT molecular complexity index is 601. The summed E-state index contributed by atoms with van der Waals surface area (Å²) in [7, 11) is -3.46. The van der Waals surface area contributed by atoms with Gasteiger partial charge in [0.05, 0.1) is 18.4 Å². The highest BCUT2D eigenvalue weighted by molar-refractivity contribution is 7.93. The summed E-state index contributed by atoms with van der Waals surface area (Å²) < 4.78 is 24.6. The van der Waals surface area contributed by atoms with Crippen molar-refractivity contribution in [3.05, 3.63) is 17.5 Å². The maximum Gasteiger partial charge on any atom is 0.191 e. The van der Waals surface area contributed by atoms with Gasteiger partial charge in [-0.1, -0.05) is 32.3 Å². The molecule has 0 saturated carbocycles. The van der Waals surface area contributed by atoms with Gasteiger partial charge in [0, 0.05) is 12.6 Å². The van der Waals surface area contributed by atoms with Crippen LogP contribution in [-0.4, -0.2) is 50.5 Å². The van der Waals surface area contributed by atoms with Crippen molar-refractivity contribution in [3.8, 4) is 0 Å². The number of nitrogens with zero attached hydrogens (tertiary/aromatic N) is 1. The van der Waals surface area contributed by atoms with Crippen LogP contribution in [0.25, 0.3) is 0 Å². The van der Waals surface area contributed by atoms with Crippen molar-refractivity contribution in [1.29, 1.82) is 0 Å². The third-order valence-corrected chi connectivity index (χ3v) is 6.93. The number of guanidine groups is 1. The molecule has 0 aromatic carbocycles. The maximum atomic E-state index is 12.2. The number of nitrogens with one attached hydrogen (secondary N) is 2. The lowest BCUT2D eigenvalue weighted by Crippen LogP contribution is -2.42. The van der Waals surface area contributed by atoms with Gasteiger partial charge in [-0.3, -0.25) is 4.99 Å². The quantitative estimate of drug-likeness (QED) is 0.307. The maximum absolute atomic E-state index is 12.2. The van der Waals surface area contributed by atoms with E-state index >= 15 is 0 Å². The third kappa shape index (κ3) is 8.69. The van der Waals surface area contributed by atoms with Crippen molar-refractivity contribution in [2.24, 2.45) is 4.99 Å². The van der Waals surface area contributed by atoms with Crippen LogP contribution in [0.2, 0.25) is 0 Å². The van der Waals surface area contributed by atoms with Gasteiger partial charge < -0.3 is 15.7 Å². The molecule has 1 aromatic rings. The molecule has 1 aromatic heterocycles. The van der Waals surface area contributed by atoms with E-state index in [4.69, 9.17) is 0 Å². The van der Waals surface area contributed by atoms with Gasteiger partial charge in [0.2, 0.25) is 0 Å². The Kier molecular flexibility index (Phi) is 10.1. The number of aliphatic hydroxyl groups excluding tert-OH is 1. The van der Waals surface area contributed by atoms with Gasteiger partial charge in [-0.05, 0) is 31.7 Å². The van der Waals surface area contributed by atoms with Gasteiger partial charge >= 0.3 is 0 Å². The molecule has 0 radical (unpaired) electrons. The molecule has 2 unspecified atom stereocenters. The van der Waals surface area contributed by atoms with Crippen LogP contribution in [0.5, 0.6) is 0 Å². The SMILES string of the molecule is CCCCCC(C)NC(=NCC(O)CS(=O)(=O)c1cccs1)NCC. The second-order valence-corrected chi connectivity index (χ2v) is 9.34. The van der Waals surface area contributed by atoms with E-state index in [0.717, 1.165) is 24.2 Å². The lowest BCUT2D eigenvalue weighted by Gasteiger charge is -2.18. The van der Waals surface area contributed by atoms with Crippen LogP contribution < -0.4 is 10.6 Å². The Morgan fingerprint density at radius 2 is 2.12 bits per heavy atom. The summed E-state index contributed by atoms with van der Waals surface area (Å²) in [6.45, 7) is 6.99. The van der Waals surface area contributed by atoms with Crippen molar-refractivity contribution < 1.29 is 13.5 Å². The lowest BCUT2D eigenvalue weighted by molar-refractivity contribution is 0.206. The highest BCUT2D eigenvalue weighted by Crippen LogP contribution is 2.18. The van der Waals surface area contributed by atoms with E-state index in [9.17, 15) is 13.5 Å². The molecule has 3 N–H and O–H groups in total. The zero-order chi connectivity index (χ0) is 18.7. The number of aliphatic hydroxyl groups is 1.